The van der Waals surface area contributed by atoms with Crippen molar-refractivity contribution in [2.75, 3.05) is 6.54 Å². The van der Waals surface area contributed by atoms with Crippen molar-refractivity contribution in [1.82, 2.24) is 10.2 Å². The summed E-state index contributed by atoms with van der Waals surface area (Å²) in [5, 5.41) is 2.68. The topological polar surface area (TPSA) is 127 Å². The molecule has 0 spiro atoms. The molecule has 10 heteroatoms. The van der Waals surface area contributed by atoms with Gasteiger partial charge in [0, 0.05) is 32.6 Å². The van der Waals surface area contributed by atoms with E-state index in [2.05, 4.69) is 21.2 Å². The summed E-state index contributed by atoms with van der Waals surface area (Å²) >= 11 is 2.97. The second-order valence-corrected chi connectivity index (χ2v) is 9.76. The highest BCUT2D eigenvalue weighted by Gasteiger charge is 2.33. The molecule has 0 aromatic heterocycles. The lowest BCUT2D eigenvalue weighted by atomic mass is 9.89. The number of carbonyl (C=O) groups excluding carboxylic acids is 6. The van der Waals surface area contributed by atoms with Gasteiger partial charge in [-0.05, 0) is 39.9 Å². The van der Waals surface area contributed by atoms with Crippen LogP contribution in [0.15, 0.2) is 34.8 Å². The average molecular weight is 565 g/mol. The minimum Gasteiger partial charge on any atom is -0.461 e. The largest absolute Gasteiger partial charge is 0.461 e. The fraction of sp³-hybridized carbons (Fsp3) is 0.462. The van der Waals surface area contributed by atoms with E-state index in [0.717, 1.165) is 16.5 Å². The molecule has 1 aromatic rings. The molecule has 1 heterocycles. The zero-order valence-corrected chi connectivity index (χ0v) is 22.3. The van der Waals surface area contributed by atoms with Gasteiger partial charge < -0.3 is 10.1 Å². The van der Waals surface area contributed by atoms with Crippen molar-refractivity contribution in [2.24, 2.45) is 11.8 Å². The lowest BCUT2D eigenvalue weighted by Crippen LogP contribution is -2.45. The Balaban J connectivity index is 1.89. The second-order valence-electron chi connectivity index (χ2n) is 8.90. The number of hydrogen-bond donors (Lipinski definition) is 1. The Morgan fingerprint density at radius 3 is 2.22 bits per heavy atom. The van der Waals surface area contributed by atoms with Gasteiger partial charge in [0.05, 0.1) is 17.1 Å². The van der Waals surface area contributed by atoms with Crippen LogP contribution in [-0.2, 0) is 46.5 Å². The summed E-state index contributed by atoms with van der Waals surface area (Å²) in [6.07, 6.45) is 0.0275. The Morgan fingerprint density at radius 1 is 1.08 bits per heavy atom. The third kappa shape index (κ3) is 8.22. The van der Waals surface area contributed by atoms with Gasteiger partial charge in [-0.15, -0.1) is 0 Å². The van der Waals surface area contributed by atoms with Gasteiger partial charge in [0.25, 0.3) is 11.8 Å². The molecule has 36 heavy (non-hydrogen) atoms. The molecule has 0 radical (unpaired) electrons. The van der Waals surface area contributed by atoms with Crippen LogP contribution in [0.1, 0.15) is 53.0 Å². The molecule has 1 aliphatic heterocycles. The highest BCUT2D eigenvalue weighted by Crippen LogP contribution is 2.21. The number of amides is 3. The molecular weight excluding hydrogens is 532 g/mol. The number of benzene rings is 1. The maximum atomic E-state index is 12.9. The van der Waals surface area contributed by atoms with Crippen LogP contribution in [0.4, 0.5) is 0 Å². The van der Waals surface area contributed by atoms with Gasteiger partial charge in [0.15, 0.2) is 11.6 Å². The predicted molar refractivity (Wildman–Crippen MR) is 135 cm³/mol. The smallest absolute Gasteiger partial charge is 0.305 e. The third-order valence-corrected chi connectivity index (χ3v) is 6.32. The first-order chi connectivity index (χ1) is 17.3. The summed E-state index contributed by atoms with van der Waals surface area (Å²) in [4.78, 5) is 74.2. The van der Waals surface area contributed by atoms with E-state index in [1.807, 2.05) is 0 Å². The molecule has 0 saturated heterocycles. The monoisotopic (exact) mass is 564 g/mol. The van der Waals surface area contributed by atoms with Crippen molar-refractivity contribution in [2.45, 2.75) is 59.6 Å². The number of esters is 1. The molecule has 0 fully saturated rings. The van der Waals surface area contributed by atoms with Crippen LogP contribution in [0.5, 0.6) is 0 Å². The molecule has 1 aliphatic rings. The fourth-order valence-electron chi connectivity index (χ4n) is 3.49. The standard InChI is InChI=1S/C26H31BrN2O7/c1-5-24(33)36-14-18-8-6-17(7-9-18)10-22(31)16(4)28-25(34)20(15(2)3)11-19(30)13-29-23(32)12-21(27)26(29)35/h6-9,12,15-16,20H,5,10-11,13-14H2,1-4H3,(H,28,34)/t16-,20-/m0/s1/i5T/t5?,16-,20-. The summed E-state index contributed by atoms with van der Waals surface area (Å²) in [6, 6.07) is 6.09. The van der Waals surface area contributed by atoms with Crippen LogP contribution in [0.3, 0.4) is 0 Å². The Labute approximate surface area is 220 Å². The molecule has 0 saturated carbocycles. The Hall–Kier alpha value is -3.14. The van der Waals surface area contributed by atoms with Gasteiger partial charge in [0.1, 0.15) is 6.61 Å². The summed E-state index contributed by atoms with van der Waals surface area (Å²) < 4.78 is 12.4. The molecule has 1 unspecified atom stereocenters. The lowest BCUT2D eigenvalue weighted by molar-refractivity contribution is -0.144. The highest BCUT2D eigenvalue weighted by atomic mass is 79.9. The van der Waals surface area contributed by atoms with Gasteiger partial charge in [-0.3, -0.25) is 33.7 Å². The first-order valence-corrected chi connectivity index (χ1v) is 12.3. The first-order valence-electron chi connectivity index (χ1n) is 12.1. The maximum Gasteiger partial charge on any atom is 0.305 e. The molecule has 3 atom stereocenters. The predicted octanol–water partition coefficient (Wildman–Crippen LogP) is 2.64. The highest BCUT2D eigenvalue weighted by molar-refractivity contribution is 9.12. The maximum absolute atomic E-state index is 12.9. The van der Waals surface area contributed by atoms with Gasteiger partial charge in [-0.2, -0.15) is 0 Å². The van der Waals surface area contributed by atoms with Gasteiger partial charge >= 0.3 is 5.97 Å². The quantitative estimate of drug-likeness (QED) is 0.288. The summed E-state index contributed by atoms with van der Waals surface area (Å²) in [6.45, 7) is 6.15. The number of ketones is 2. The van der Waals surface area contributed by atoms with E-state index in [1.165, 1.54) is 6.92 Å². The molecule has 0 aliphatic carbocycles. The molecule has 194 valence electrons. The number of halogens is 1. The SMILES string of the molecule is [3H]C(C)C(=O)OCc1ccc(CC(=O)[C@H](C)NC(=O)[C@@H](CC(=O)CN2C(=O)C=C(Br)C2=O)C(C)C)cc1. The summed E-state index contributed by atoms with van der Waals surface area (Å²) in [5.74, 6) is -3.88. The van der Waals surface area contributed by atoms with Crippen molar-refractivity contribution in [3.05, 3.63) is 46.0 Å². The molecule has 1 N–H and O–H groups in total. The number of ether oxygens (including phenoxy) is 1. The third-order valence-electron chi connectivity index (χ3n) is 5.75. The molecule has 0 bridgehead atoms. The van der Waals surface area contributed by atoms with Crippen molar-refractivity contribution >= 4 is 51.2 Å². The summed E-state index contributed by atoms with van der Waals surface area (Å²) in [7, 11) is 0. The van der Waals surface area contributed by atoms with Crippen LogP contribution in [0.25, 0.3) is 0 Å². The number of Topliss-reactive ketones (excluding diaryl/α,β-unsaturated/α-hetero) is 2. The minimum atomic E-state index is -0.958. The summed E-state index contributed by atoms with van der Waals surface area (Å²) in [5.41, 5.74) is 1.43. The molecular formula is C26H31BrN2O7. The van der Waals surface area contributed by atoms with Crippen molar-refractivity contribution in [3.63, 3.8) is 0 Å². The number of nitrogens with one attached hydrogen (secondary N) is 1. The van der Waals surface area contributed by atoms with E-state index < -0.39 is 54.4 Å². The van der Waals surface area contributed by atoms with E-state index in [1.54, 1.807) is 45.0 Å². The number of imide groups is 1. The normalized spacial score (nSPS) is 16.2. The van der Waals surface area contributed by atoms with E-state index in [-0.39, 0.29) is 35.6 Å². The number of carbonyl (C=O) groups is 6. The van der Waals surface area contributed by atoms with Crippen LogP contribution in [0.2, 0.25) is 0 Å². The zero-order valence-electron chi connectivity index (χ0n) is 21.7. The van der Waals surface area contributed by atoms with E-state index in [9.17, 15) is 28.8 Å². The van der Waals surface area contributed by atoms with Crippen molar-refractivity contribution < 1.29 is 34.9 Å². The second kappa shape index (κ2) is 13.2. The molecule has 1 aromatic carbocycles. The first kappa shape index (κ1) is 27.4. The van der Waals surface area contributed by atoms with E-state index in [0.29, 0.717) is 5.56 Å². The molecule has 3 amide bonds. The van der Waals surface area contributed by atoms with Gasteiger partial charge in [-0.1, -0.05) is 45.0 Å². The van der Waals surface area contributed by atoms with E-state index in [4.69, 9.17) is 6.11 Å². The van der Waals surface area contributed by atoms with Crippen molar-refractivity contribution in [1.29, 1.82) is 0 Å². The molecule has 2 rings (SSSR count). The van der Waals surface area contributed by atoms with Gasteiger partial charge in [-0.25, -0.2) is 0 Å². The number of nitrogens with zero attached hydrogens (tertiary/aromatic N) is 1. The zero-order chi connectivity index (χ0) is 27.9. The van der Waals surface area contributed by atoms with Crippen LogP contribution >= 0.6 is 15.9 Å². The average Bonchev–Trinajstić information content (AvgIpc) is 3.07. The fourth-order valence-corrected chi connectivity index (χ4v) is 3.90. The number of rotatable bonds is 13. The van der Waals surface area contributed by atoms with Crippen LogP contribution in [0, 0.1) is 11.8 Å². The van der Waals surface area contributed by atoms with Crippen molar-refractivity contribution in [3.8, 4) is 0 Å². The molecule has 9 nitrogen and oxygen atoms in total. The number of hydrogen-bond acceptors (Lipinski definition) is 7. The van der Waals surface area contributed by atoms with Crippen LogP contribution in [-0.4, -0.2) is 52.7 Å². The van der Waals surface area contributed by atoms with E-state index >= 15 is 0 Å². The Kier molecular flexibility index (Phi) is 10.1. The Morgan fingerprint density at radius 2 is 1.69 bits per heavy atom. The lowest BCUT2D eigenvalue weighted by Gasteiger charge is -2.23. The Bertz CT molecular complexity index is 1100. The minimum absolute atomic E-state index is 0.0336. The van der Waals surface area contributed by atoms with Crippen LogP contribution < -0.4 is 5.32 Å². The van der Waals surface area contributed by atoms with Gasteiger partial charge in [0.2, 0.25) is 5.91 Å².